The molecule has 110 valence electrons. The van der Waals surface area contributed by atoms with Crippen molar-refractivity contribution >= 4 is 55.0 Å². The number of carbonyl (C=O) groups excluding carboxylic acids is 1. The Morgan fingerprint density at radius 3 is 2.62 bits per heavy atom. The Kier molecular flexibility index (Phi) is 4.69. The van der Waals surface area contributed by atoms with Gasteiger partial charge in [0, 0.05) is 10.5 Å². The molecule has 0 saturated heterocycles. The fourth-order valence-corrected chi connectivity index (χ4v) is 2.87. The number of hydrogen-bond acceptors (Lipinski definition) is 5. The summed E-state index contributed by atoms with van der Waals surface area (Å²) in [5.41, 5.74) is 12.3. The van der Waals surface area contributed by atoms with Gasteiger partial charge >= 0.3 is 0 Å². The lowest BCUT2D eigenvalue weighted by Gasteiger charge is -2.13. The van der Waals surface area contributed by atoms with Crippen LogP contribution in [0.15, 0.2) is 33.2 Å². The Morgan fingerprint density at radius 1 is 1.29 bits per heavy atom. The van der Waals surface area contributed by atoms with Crippen LogP contribution in [0.4, 0.5) is 17.2 Å². The molecule has 0 aliphatic heterocycles. The molecule has 1 aromatic heterocycles. The van der Waals surface area contributed by atoms with Crippen molar-refractivity contribution in [1.82, 2.24) is 4.98 Å². The topological polar surface area (TPSA) is 103 Å². The third kappa shape index (κ3) is 3.45. The number of benzene rings is 1. The van der Waals surface area contributed by atoms with Crippen LogP contribution in [0, 0.1) is 0 Å². The first-order valence-corrected chi connectivity index (χ1v) is 7.37. The standard InChI is InChI=1S/C13H12Br2N4O2/c1-21-11-5-10(6(14)4-7(11)15)19-13-8(16)2-3-9(18-13)12(17)20/h2-5H,16H2,1H3,(H2,17,20)(H,18,19). The summed E-state index contributed by atoms with van der Waals surface area (Å²) in [5.74, 6) is 0.368. The Balaban J connectivity index is 2.42. The SMILES string of the molecule is COc1cc(Nc2nc(C(N)=O)ccc2N)c(Br)cc1Br. The number of hydrogen-bond donors (Lipinski definition) is 3. The second kappa shape index (κ2) is 6.31. The van der Waals surface area contributed by atoms with Crippen LogP contribution in [-0.2, 0) is 0 Å². The summed E-state index contributed by atoms with van der Waals surface area (Å²) in [6, 6.07) is 6.64. The van der Waals surface area contributed by atoms with Gasteiger partial charge in [-0.25, -0.2) is 4.98 Å². The summed E-state index contributed by atoms with van der Waals surface area (Å²) < 4.78 is 6.82. The highest BCUT2D eigenvalue weighted by atomic mass is 79.9. The van der Waals surface area contributed by atoms with Crippen LogP contribution in [0.3, 0.4) is 0 Å². The maximum absolute atomic E-state index is 11.2. The Morgan fingerprint density at radius 2 is 2.00 bits per heavy atom. The number of nitrogen functional groups attached to an aromatic ring is 1. The first kappa shape index (κ1) is 15.6. The number of nitrogens with one attached hydrogen (secondary N) is 1. The van der Waals surface area contributed by atoms with Gasteiger partial charge < -0.3 is 21.5 Å². The monoisotopic (exact) mass is 414 g/mol. The molecule has 0 bridgehead atoms. The van der Waals surface area contributed by atoms with Crippen molar-refractivity contribution < 1.29 is 9.53 Å². The molecule has 1 amide bonds. The molecular formula is C13H12Br2N4O2. The molecule has 2 rings (SSSR count). The van der Waals surface area contributed by atoms with Crippen molar-refractivity contribution in [3.8, 4) is 5.75 Å². The number of pyridine rings is 1. The van der Waals surface area contributed by atoms with E-state index in [1.807, 2.05) is 6.07 Å². The van der Waals surface area contributed by atoms with Crippen LogP contribution in [0.2, 0.25) is 0 Å². The van der Waals surface area contributed by atoms with Crippen molar-refractivity contribution in [1.29, 1.82) is 0 Å². The van der Waals surface area contributed by atoms with Gasteiger partial charge in [-0.3, -0.25) is 4.79 Å². The average Bonchev–Trinajstić information content (AvgIpc) is 2.43. The minimum absolute atomic E-state index is 0.131. The third-order valence-corrected chi connectivity index (χ3v) is 3.95. The average molecular weight is 416 g/mol. The molecule has 6 nitrogen and oxygen atoms in total. The second-order valence-electron chi connectivity index (χ2n) is 4.09. The van der Waals surface area contributed by atoms with Gasteiger partial charge in [0.25, 0.3) is 5.91 Å². The number of carbonyl (C=O) groups is 1. The number of halogens is 2. The fraction of sp³-hybridized carbons (Fsp3) is 0.0769. The zero-order valence-electron chi connectivity index (χ0n) is 11.0. The molecule has 5 N–H and O–H groups in total. The highest BCUT2D eigenvalue weighted by Crippen LogP contribution is 2.36. The van der Waals surface area contributed by atoms with E-state index in [9.17, 15) is 4.79 Å². The van der Waals surface area contributed by atoms with Gasteiger partial charge in [0.15, 0.2) is 5.82 Å². The Bertz CT molecular complexity index is 707. The zero-order valence-corrected chi connectivity index (χ0v) is 14.2. The predicted molar refractivity (Wildman–Crippen MR) is 88.8 cm³/mol. The van der Waals surface area contributed by atoms with Gasteiger partial charge in [0.1, 0.15) is 11.4 Å². The van der Waals surface area contributed by atoms with Crippen LogP contribution in [0.5, 0.6) is 5.75 Å². The van der Waals surface area contributed by atoms with E-state index in [4.69, 9.17) is 16.2 Å². The lowest BCUT2D eigenvalue weighted by Crippen LogP contribution is -2.14. The predicted octanol–water partition coefficient (Wildman–Crippen LogP) is 3.04. The lowest BCUT2D eigenvalue weighted by atomic mass is 10.2. The number of nitrogens with zero attached hydrogens (tertiary/aromatic N) is 1. The normalized spacial score (nSPS) is 10.2. The smallest absolute Gasteiger partial charge is 0.267 e. The highest BCUT2D eigenvalue weighted by molar-refractivity contribution is 9.11. The molecule has 8 heteroatoms. The molecule has 1 aromatic carbocycles. The Labute approximate surface area is 138 Å². The quantitative estimate of drug-likeness (QED) is 0.711. The third-order valence-electron chi connectivity index (χ3n) is 2.67. The van der Waals surface area contributed by atoms with E-state index in [1.54, 1.807) is 19.2 Å². The van der Waals surface area contributed by atoms with Crippen molar-refractivity contribution in [2.75, 3.05) is 18.2 Å². The molecule has 0 fully saturated rings. The summed E-state index contributed by atoms with van der Waals surface area (Å²) in [6.07, 6.45) is 0. The molecule has 0 aliphatic rings. The van der Waals surface area contributed by atoms with Crippen molar-refractivity contribution in [2.45, 2.75) is 0 Å². The van der Waals surface area contributed by atoms with Crippen molar-refractivity contribution in [3.05, 3.63) is 38.9 Å². The first-order chi connectivity index (χ1) is 9.92. The number of primary amides is 1. The maximum atomic E-state index is 11.2. The lowest BCUT2D eigenvalue weighted by molar-refractivity contribution is 0.0996. The van der Waals surface area contributed by atoms with Gasteiger partial charge in [0.05, 0.1) is 23.0 Å². The van der Waals surface area contributed by atoms with E-state index in [-0.39, 0.29) is 5.69 Å². The number of ether oxygens (including phenoxy) is 1. The van der Waals surface area contributed by atoms with E-state index < -0.39 is 5.91 Å². The van der Waals surface area contributed by atoms with Crippen molar-refractivity contribution in [3.63, 3.8) is 0 Å². The van der Waals surface area contributed by atoms with E-state index in [1.165, 1.54) is 6.07 Å². The van der Waals surface area contributed by atoms with Crippen molar-refractivity contribution in [2.24, 2.45) is 5.73 Å². The number of nitrogens with two attached hydrogens (primary N) is 2. The Hall–Kier alpha value is -1.80. The van der Waals surface area contributed by atoms with Crippen LogP contribution in [-0.4, -0.2) is 18.0 Å². The summed E-state index contributed by atoms with van der Waals surface area (Å²) >= 11 is 6.82. The maximum Gasteiger partial charge on any atom is 0.267 e. The molecule has 0 saturated carbocycles. The van der Waals surface area contributed by atoms with E-state index >= 15 is 0 Å². The number of methoxy groups -OCH3 is 1. The number of rotatable bonds is 4. The van der Waals surface area contributed by atoms with Gasteiger partial charge in [-0.1, -0.05) is 0 Å². The number of amides is 1. The second-order valence-corrected chi connectivity index (χ2v) is 5.80. The molecule has 0 radical (unpaired) electrons. The summed E-state index contributed by atoms with van der Waals surface area (Å²) in [6.45, 7) is 0. The summed E-state index contributed by atoms with van der Waals surface area (Å²) in [4.78, 5) is 15.3. The minimum Gasteiger partial charge on any atom is -0.495 e. The van der Waals surface area contributed by atoms with E-state index in [0.29, 0.717) is 22.9 Å². The zero-order chi connectivity index (χ0) is 15.6. The highest BCUT2D eigenvalue weighted by Gasteiger charge is 2.11. The van der Waals surface area contributed by atoms with E-state index in [0.717, 1.165) is 8.95 Å². The van der Waals surface area contributed by atoms with Crippen LogP contribution in [0.25, 0.3) is 0 Å². The molecule has 0 unspecified atom stereocenters. The number of aromatic nitrogens is 1. The van der Waals surface area contributed by atoms with Gasteiger partial charge in [-0.15, -0.1) is 0 Å². The first-order valence-electron chi connectivity index (χ1n) is 5.78. The largest absolute Gasteiger partial charge is 0.495 e. The molecule has 0 aliphatic carbocycles. The molecule has 0 spiro atoms. The van der Waals surface area contributed by atoms with Gasteiger partial charge in [0.2, 0.25) is 0 Å². The van der Waals surface area contributed by atoms with Crippen LogP contribution < -0.4 is 21.5 Å². The minimum atomic E-state index is -0.620. The fourth-order valence-electron chi connectivity index (χ4n) is 1.62. The molecule has 1 heterocycles. The van der Waals surface area contributed by atoms with Gasteiger partial charge in [-0.05, 0) is 50.1 Å². The number of anilines is 3. The van der Waals surface area contributed by atoms with Gasteiger partial charge in [-0.2, -0.15) is 0 Å². The molecule has 2 aromatic rings. The molecule has 21 heavy (non-hydrogen) atoms. The summed E-state index contributed by atoms with van der Waals surface area (Å²) in [7, 11) is 1.57. The van der Waals surface area contributed by atoms with Crippen LogP contribution in [0.1, 0.15) is 10.5 Å². The van der Waals surface area contributed by atoms with E-state index in [2.05, 4.69) is 42.2 Å². The summed E-state index contributed by atoms with van der Waals surface area (Å²) in [5, 5.41) is 3.05. The molecule has 0 atom stereocenters. The molecular weight excluding hydrogens is 404 g/mol. The van der Waals surface area contributed by atoms with Crippen LogP contribution >= 0.6 is 31.9 Å².